The lowest BCUT2D eigenvalue weighted by atomic mass is 9.56. The molecule has 1 saturated heterocycles. The number of aliphatic hydroxyl groups excluding tert-OH is 1. The molecule has 2 aliphatic rings. The van der Waals surface area contributed by atoms with Gasteiger partial charge in [-0.05, 0) is 30.0 Å². The number of aliphatic imine (C=N–C) groups is 1. The molecule has 0 bridgehead atoms. The third-order valence-corrected chi connectivity index (χ3v) is 7.75. The van der Waals surface area contributed by atoms with Crippen LogP contribution in [0, 0.1) is 22.6 Å². The maximum absolute atomic E-state index is 14.3. The molecule has 0 spiro atoms. The molecular formula is C27H35F4N5O2. The lowest BCUT2D eigenvalue weighted by molar-refractivity contribution is -0.137. The van der Waals surface area contributed by atoms with Crippen molar-refractivity contribution in [3.05, 3.63) is 47.7 Å². The highest BCUT2D eigenvalue weighted by Gasteiger charge is 2.52. The molecule has 1 saturated carbocycles. The molecule has 38 heavy (non-hydrogen) atoms. The van der Waals surface area contributed by atoms with Crippen molar-refractivity contribution in [2.75, 3.05) is 36.5 Å². The third kappa shape index (κ3) is 6.09. The predicted molar refractivity (Wildman–Crippen MR) is 138 cm³/mol. The van der Waals surface area contributed by atoms with Crippen molar-refractivity contribution in [3.63, 3.8) is 0 Å². The second-order valence-electron chi connectivity index (χ2n) is 11.3. The summed E-state index contributed by atoms with van der Waals surface area (Å²) < 4.78 is 59.2. The first-order valence-electron chi connectivity index (χ1n) is 12.7. The van der Waals surface area contributed by atoms with Crippen LogP contribution < -0.4 is 10.2 Å². The summed E-state index contributed by atoms with van der Waals surface area (Å²) in [4.78, 5) is 14.8. The van der Waals surface area contributed by atoms with E-state index >= 15 is 0 Å². The van der Waals surface area contributed by atoms with Crippen LogP contribution in [-0.4, -0.2) is 59.7 Å². The number of hydrogen-bond donors (Lipinski definition) is 2. The van der Waals surface area contributed by atoms with Crippen molar-refractivity contribution < 1.29 is 27.4 Å². The van der Waals surface area contributed by atoms with Crippen molar-refractivity contribution in [3.8, 4) is 0 Å². The molecule has 1 aromatic heterocycles. The molecule has 2 heterocycles. The summed E-state index contributed by atoms with van der Waals surface area (Å²) in [7, 11) is 0. The number of nitrogens with one attached hydrogen (secondary N) is 1. The number of ether oxygens (including phenoxy) is 1. The zero-order valence-electron chi connectivity index (χ0n) is 22.1. The van der Waals surface area contributed by atoms with Gasteiger partial charge in [-0.2, -0.15) is 13.2 Å². The number of morpholine rings is 1. The van der Waals surface area contributed by atoms with Crippen LogP contribution in [0.25, 0.3) is 0 Å². The topological polar surface area (TPSA) is 82.9 Å². The minimum atomic E-state index is -4.43. The summed E-state index contributed by atoms with van der Waals surface area (Å²) in [6.45, 7) is 10.0. The van der Waals surface area contributed by atoms with Gasteiger partial charge in [0, 0.05) is 42.4 Å². The summed E-state index contributed by atoms with van der Waals surface area (Å²) >= 11 is 0. The smallest absolute Gasteiger partial charge is 0.392 e. The van der Waals surface area contributed by atoms with Gasteiger partial charge in [-0.15, -0.1) is 0 Å². The fourth-order valence-electron chi connectivity index (χ4n) is 5.24. The van der Waals surface area contributed by atoms with Crippen LogP contribution in [0.15, 0.2) is 35.5 Å². The van der Waals surface area contributed by atoms with Crippen LogP contribution in [-0.2, 0) is 17.5 Å². The van der Waals surface area contributed by atoms with Crippen LogP contribution in [0.5, 0.6) is 0 Å². The van der Waals surface area contributed by atoms with Gasteiger partial charge in [0.15, 0.2) is 17.5 Å². The number of hydrogen-bond acceptors (Lipinski definition) is 7. The fraction of sp³-hybridized carbons (Fsp3) is 0.593. The maximum atomic E-state index is 14.3. The predicted octanol–water partition coefficient (Wildman–Crippen LogP) is 4.96. The van der Waals surface area contributed by atoms with Gasteiger partial charge >= 0.3 is 6.18 Å². The van der Waals surface area contributed by atoms with E-state index < -0.39 is 34.5 Å². The first-order valence-corrected chi connectivity index (χ1v) is 12.7. The van der Waals surface area contributed by atoms with Crippen molar-refractivity contribution in [2.24, 2.45) is 21.7 Å². The highest BCUT2D eigenvalue weighted by molar-refractivity contribution is 5.64. The highest BCUT2D eigenvalue weighted by atomic mass is 19.4. The van der Waals surface area contributed by atoms with Gasteiger partial charge in [0.25, 0.3) is 0 Å². The van der Waals surface area contributed by atoms with Gasteiger partial charge < -0.3 is 20.1 Å². The quantitative estimate of drug-likeness (QED) is 0.401. The number of halogens is 4. The normalized spacial score (nSPS) is 25.5. The third-order valence-electron chi connectivity index (χ3n) is 7.75. The van der Waals surface area contributed by atoms with Gasteiger partial charge in [0.1, 0.15) is 0 Å². The first-order chi connectivity index (χ1) is 17.8. The van der Waals surface area contributed by atoms with Crippen LogP contribution >= 0.6 is 0 Å². The summed E-state index contributed by atoms with van der Waals surface area (Å²) in [5.41, 5.74) is -1.45. The van der Waals surface area contributed by atoms with E-state index in [1.807, 2.05) is 32.6 Å². The van der Waals surface area contributed by atoms with E-state index in [9.17, 15) is 22.7 Å². The lowest BCUT2D eigenvalue weighted by Gasteiger charge is -2.53. The molecule has 1 aromatic carbocycles. The number of aliphatic hydroxyl groups is 1. The number of aromatic nitrogens is 2. The maximum Gasteiger partial charge on any atom is 0.416 e. The number of rotatable bonds is 6. The number of anilines is 2. The summed E-state index contributed by atoms with van der Waals surface area (Å²) in [6.07, 6.45) is -1.80. The zero-order valence-corrected chi connectivity index (χ0v) is 22.1. The molecule has 3 atom stereocenters. The Morgan fingerprint density at radius 1 is 1.21 bits per heavy atom. The van der Waals surface area contributed by atoms with Crippen molar-refractivity contribution >= 4 is 17.7 Å². The molecule has 1 aliphatic carbocycles. The van der Waals surface area contributed by atoms with Crippen LogP contribution in [0.1, 0.15) is 45.5 Å². The second kappa shape index (κ2) is 10.8. The van der Waals surface area contributed by atoms with Gasteiger partial charge in [0.2, 0.25) is 0 Å². The first kappa shape index (κ1) is 28.2. The van der Waals surface area contributed by atoms with E-state index in [0.29, 0.717) is 44.2 Å². The summed E-state index contributed by atoms with van der Waals surface area (Å²) in [5.74, 6) is -0.215. The highest BCUT2D eigenvalue weighted by Crippen LogP contribution is 2.49. The Kier molecular flexibility index (Phi) is 7.99. The van der Waals surface area contributed by atoms with E-state index in [4.69, 9.17) is 4.74 Å². The van der Waals surface area contributed by atoms with Crippen LogP contribution in [0.2, 0.25) is 0 Å². The Balaban J connectivity index is 1.47. The van der Waals surface area contributed by atoms with E-state index in [0.717, 1.165) is 18.3 Å². The van der Waals surface area contributed by atoms with Gasteiger partial charge in [-0.25, -0.2) is 14.4 Å². The molecule has 2 fully saturated rings. The van der Waals surface area contributed by atoms with Crippen molar-refractivity contribution in [2.45, 2.75) is 59.0 Å². The van der Waals surface area contributed by atoms with E-state index in [1.165, 1.54) is 6.07 Å². The minimum absolute atomic E-state index is 0.128. The van der Waals surface area contributed by atoms with Crippen LogP contribution in [0.3, 0.4) is 0 Å². The molecule has 2 aromatic rings. The lowest BCUT2D eigenvalue weighted by Crippen LogP contribution is -2.58. The SMILES string of the molecule is CC1(C)CC(Nc2cccc(C(F)(F)F)c2)C(C)(C)C(O)C1C=NCc1ncc(F)c(N2CCOCC2)n1. The van der Waals surface area contributed by atoms with Gasteiger partial charge in [-0.1, -0.05) is 33.8 Å². The molecule has 3 unspecified atom stereocenters. The molecule has 0 amide bonds. The Morgan fingerprint density at radius 2 is 1.92 bits per heavy atom. The summed E-state index contributed by atoms with van der Waals surface area (Å²) in [6, 6.07) is 4.83. The average Bonchev–Trinajstić information content (AvgIpc) is 2.86. The number of nitrogens with zero attached hydrogens (tertiary/aromatic N) is 4. The molecule has 208 valence electrons. The molecule has 0 radical (unpaired) electrons. The molecule has 1 aliphatic heterocycles. The van der Waals surface area contributed by atoms with Crippen molar-refractivity contribution in [1.29, 1.82) is 0 Å². The number of alkyl halides is 3. The van der Waals surface area contributed by atoms with E-state index in [2.05, 4.69) is 20.3 Å². The molecule has 7 nitrogen and oxygen atoms in total. The molecule has 4 rings (SSSR count). The Morgan fingerprint density at radius 3 is 2.61 bits per heavy atom. The standard InChI is InChI=1S/C27H35F4N5O2/c1-25(2)13-21(34-18-7-5-6-17(12-18)27(29,30)31)26(3,4)23(37)19(25)14-32-16-22-33-15-20(28)24(35-22)36-8-10-38-11-9-36/h5-7,12,14-15,19,21,23,34,37H,8-11,13,16H2,1-4H3. The average molecular weight is 538 g/mol. The van der Waals surface area contributed by atoms with E-state index in [-0.39, 0.29) is 24.3 Å². The van der Waals surface area contributed by atoms with Gasteiger partial charge in [-0.3, -0.25) is 4.99 Å². The Labute approximate surface area is 220 Å². The fourth-order valence-corrected chi connectivity index (χ4v) is 5.24. The van der Waals surface area contributed by atoms with Crippen molar-refractivity contribution in [1.82, 2.24) is 9.97 Å². The minimum Gasteiger partial charge on any atom is -0.392 e. The Hall–Kier alpha value is -2.79. The largest absolute Gasteiger partial charge is 0.416 e. The summed E-state index contributed by atoms with van der Waals surface area (Å²) in [5, 5.41) is 14.6. The molecule has 11 heteroatoms. The Bertz CT molecular complexity index is 1150. The molecular weight excluding hydrogens is 502 g/mol. The zero-order chi connectivity index (χ0) is 27.7. The van der Waals surface area contributed by atoms with Crippen LogP contribution in [0.4, 0.5) is 29.1 Å². The van der Waals surface area contributed by atoms with E-state index in [1.54, 1.807) is 12.3 Å². The number of benzene rings is 1. The molecule has 2 N–H and O–H groups in total. The second-order valence-corrected chi connectivity index (χ2v) is 11.3. The van der Waals surface area contributed by atoms with Gasteiger partial charge in [0.05, 0.1) is 37.6 Å². The monoisotopic (exact) mass is 537 g/mol.